The van der Waals surface area contributed by atoms with Crippen LogP contribution >= 0.6 is 0 Å². The van der Waals surface area contributed by atoms with Gasteiger partial charge in [0.15, 0.2) is 0 Å². The van der Waals surface area contributed by atoms with E-state index in [4.69, 9.17) is 4.74 Å². The van der Waals surface area contributed by atoms with Gasteiger partial charge in [-0.3, -0.25) is 0 Å². The van der Waals surface area contributed by atoms with Gasteiger partial charge in [0.2, 0.25) is 0 Å². The molecule has 4 aliphatic carbocycles. The van der Waals surface area contributed by atoms with Crippen molar-refractivity contribution in [2.45, 2.75) is 44.9 Å². The molecule has 14 heavy (non-hydrogen) atoms. The summed E-state index contributed by atoms with van der Waals surface area (Å²) in [5.41, 5.74) is 0. The molecule has 0 amide bonds. The fraction of sp³-hybridized carbons (Fsp3) is 1.00. The lowest BCUT2D eigenvalue weighted by Gasteiger charge is -2.49. The highest BCUT2D eigenvalue weighted by Crippen LogP contribution is 2.53. The number of hydrogen-bond acceptors (Lipinski definition) is 1. The van der Waals surface area contributed by atoms with Gasteiger partial charge in [-0.2, -0.15) is 0 Å². The molecule has 0 N–H and O–H groups in total. The van der Waals surface area contributed by atoms with Crippen molar-refractivity contribution in [3.63, 3.8) is 0 Å². The molecule has 4 bridgehead atoms. The van der Waals surface area contributed by atoms with E-state index < -0.39 is 0 Å². The van der Waals surface area contributed by atoms with Gasteiger partial charge in [-0.15, -0.1) is 0 Å². The monoisotopic (exact) mass is 194 g/mol. The van der Waals surface area contributed by atoms with Crippen LogP contribution in [-0.2, 0) is 4.74 Å². The predicted octanol–water partition coefficient (Wildman–Crippen LogP) is 3.24. The maximum Gasteiger partial charge on any atom is 0.0488 e. The predicted molar refractivity (Wildman–Crippen MR) is 57.1 cm³/mol. The average molecular weight is 194 g/mol. The smallest absolute Gasteiger partial charge is 0.0488 e. The molecule has 1 nitrogen and oxygen atoms in total. The SMILES string of the molecule is C1C2CC3CC1CC(C2)C3.C1COC1. The van der Waals surface area contributed by atoms with Crippen molar-refractivity contribution in [3.8, 4) is 0 Å². The molecule has 5 aliphatic rings. The summed E-state index contributed by atoms with van der Waals surface area (Å²) >= 11 is 0. The highest BCUT2D eigenvalue weighted by Gasteiger charge is 2.41. The van der Waals surface area contributed by atoms with Gasteiger partial charge in [0.1, 0.15) is 0 Å². The van der Waals surface area contributed by atoms with Crippen molar-refractivity contribution in [1.29, 1.82) is 0 Å². The Kier molecular flexibility index (Phi) is 2.53. The second kappa shape index (κ2) is 3.84. The Balaban J connectivity index is 0.000000136. The summed E-state index contributed by atoms with van der Waals surface area (Å²) < 4.78 is 4.72. The normalized spacial score (nSPS) is 48.0. The first-order valence-corrected chi connectivity index (χ1v) is 6.48. The number of ether oxygens (including phenoxy) is 1. The molecule has 1 heteroatoms. The van der Waals surface area contributed by atoms with E-state index in [0.717, 1.165) is 13.2 Å². The quantitative estimate of drug-likeness (QED) is 0.575. The largest absolute Gasteiger partial charge is 0.381 e. The van der Waals surface area contributed by atoms with Crippen molar-refractivity contribution < 1.29 is 4.74 Å². The zero-order chi connectivity index (χ0) is 9.38. The van der Waals surface area contributed by atoms with Crippen LogP contribution in [0.4, 0.5) is 0 Å². The van der Waals surface area contributed by atoms with Crippen LogP contribution in [0.25, 0.3) is 0 Å². The molecule has 0 atom stereocenters. The molecule has 1 aliphatic heterocycles. The first-order chi connectivity index (χ1) is 6.90. The van der Waals surface area contributed by atoms with E-state index in [0.29, 0.717) is 0 Å². The molecule has 0 aromatic heterocycles. The Morgan fingerprint density at radius 1 is 0.571 bits per heavy atom. The fourth-order valence-corrected chi connectivity index (χ4v) is 4.13. The van der Waals surface area contributed by atoms with Gasteiger partial charge in [0, 0.05) is 13.2 Å². The summed E-state index contributed by atoms with van der Waals surface area (Å²) in [5.74, 6) is 4.71. The molecular formula is C13H22O. The molecular weight excluding hydrogens is 172 g/mol. The van der Waals surface area contributed by atoms with E-state index >= 15 is 0 Å². The van der Waals surface area contributed by atoms with Gasteiger partial charge in [0.05, 0.1) is 0 Å². The van der Waals surface area contributed by atoms with Crippen LogP contribution in [0.2, 0.25) is 0 Å². The highest BCUT2D eigenvalue weighted by atomic mass is 16.5. The lowest BCUT2D eigenvalue weighted by molar-refractivity contribution is 0.0198. The maximum atomic E-state index is 4.72. The molecule has 0 radical (unpaired) electrons. The van der Waals surface area contributed by atoms with E-state index in [-0.39, 0.29) is 0 Å². The Morgan fingerprint density at radius 3 is 0.929 bits per heavy atom. The van der Waals surface area contributed by atoms with Crippen LogP contribution in [0, 0.1) is 23.7 Å². The molecule has 5 rings (SSSR count). The molecule has 4 saturated carbocycles. The van der Waals surface area contributed by atoms with Crippen LogP contribution in [0.1, 0.15) is 44.9 Å². The third kappa shape index (κ3) is 1.84. The molecule has 0 aromatic rings. The van der Waals surface area contributed by atoms with Crippen molar-refractivity contribution in [2.75, 3.05) is 13.2 Å². The molecule has 1 saturated heterocycles. The molecule has 0 aromatic carbocycles. The Hall–Kier alpha value is -0.0400. The minimum atomic E-state index is 1.00. The molecule has 1 heterocycles. The van der Waals surface area contributed by atoms with Gasteiger partial charge < -0.3 is 4.74 Å². The standard InChI is InChI=1S/C10H16.C3H6O/c1-7-2-9-4-8(1)5-10(3-7)6-9;1-2-4-3-1/h7-10H,1-6H2;1-3H2. The first kappa shape index (κ1) is 9.21. The molecule has 80 valence electrons. The van der Waals surface area contributed by atoms with Crippen molar-refractivity contribution in [1.82, 2.24) is 0 Å². The van der Waals surface area contributed by atoms with Crippen LogP contribution in [0.3, 0.4) is 0 Å². The van der Waals surface area contributed by atoms with E-state index in [1.165, 1.54) is 30.1 Å². The van der Waals surface area contributed by atoms with Gasteiger partial charge in [-0.1, -0.05) is 0 Å². The first-order valence-electron chi connectivity index (χ1n) is 6.48. The fourth-order valence-electron chi connectivity index (χ4n) is 4.13. The van der Waals surface area contributed by atoms with E-state index in [1.807, 2.05) is 0 Å². The minimum absolute atomic E-state index is 1.00. The second-order valence-electron chi connectivity index (χ2n) is 5.84. The third-order valence-corrected chi connectivity index (χ3v) is 4.58. The van der Waals surface area contributed by atoms with Crippen molar-refractivity contribution in [3.05, 3.63) is 0 Å². The van der Waals surface area contributed by atoms with Crippen LogP contribution in [0.15, 0.2) is 0 Å². The van der Waals surface area contributed by atoms with Gasteiger partial charge in [0.25, 0.3) is 0 Å². The Labute approximate surface area is 87.2 Å². The number of hydrogen-bond donors (Lipinski definition) is 0. The lowest BCUT2D eigenvalue weighted by Crippen LogP contribution is -2.38. The minimum Gasteiger partial charge on any atom is -0.381 e. The van der Waals surface area contributed by atoms with E-state index in [9.17, 15) is 0 Å². The van der Waals surface area contributed by atoms with Gasteiger partial charge >= 0.3 is 0 Å². The molecule has 0 unspecified atom stereocenters. The summed E-state index contributed by atoms with van der Waals surface area (Å²) in [5, 5.41) is 0. The molecule has 5 fully saturated rings. The van der Waals surface area contributed by atoms with Crippen LogP contribution < -0.4 is 0 Å². The van der Waals surface area contributed by atoms with Gasteiger partial charge in [-0.25, -0.2) is 0 Å². The summed E-state index contributed by atoms with van der Waals surface area (Å²) in [4.78, 5) is 0. The number of rotatable bonds is 0. The lowest BCUT2D eigenvalue weighted by atomic mass is 9.56. The van der Waals surface area contributed by atoms with Crippen molar-refractivity contribution in [2.24, 2.45) is 23.7 Å². The summed E-state index contributed by atoms with van der Waals surface area (Å²) in [6.07, 6.45) is 10.9. The highest BCUT2D eigenvalue weighted by molar-refractivity contribution is 4.92. The Morgan fingerprint density at radius 2 is 0.786 bits per heavy atom. The summed E-state index contributed by atoms with van der Waals surface area (Å²) in [6.45, 7) is 2.00. The topological polar surface area (TPSA) is 9.23 Å². The molecule has 0 spiro atoms. The van der Waals surface area contributed by atoms with Gasteiger partial charge in [-0.05, 0) is 68.6 Å². The zero-order valence-corrected chi connectivity index (χ0v) is 9.08. The Bertz CT molecular complexity index is 135. The van der Waals surface area contributed by atoms with E-state index in [1.54, 1.807) is 38.5 Å². The summed E-state index contributed by atoms with van der Waals surface area (Å²) in [7, 11) is 0. The summed E-state index contributed by atoms with van der Waals surface area (Å²) in [6, 6.07) is 0. The zero-order valence-electron chi connectivity index (χ0n) is 9.08. The average Bonchev–Trinajstić information content (AvgIpc) is 1.96. The van der Waals surface area contributed by atoms with Crippen LogP contribution in [-0.4, -0.2) is 13.2 Å². The van der Waals surface area contributed by atoms with Crippen LogP contribution in [0.5, 0.6) is 0 Å². The maximum absolute atomic E-state index is 4.72. The third-order valence-electron chi connectivity index (χ3n) is 4.58. The van der Waals surface area contributed by atoms with Crippen molar-refractivity contribution >= 4 is 0 Å². The second-order valence-corrected chi connectivity index (χ2v) is 5.84. The van der Waals surface area contributed by atoms with E-state index in [2.05, 4.69) is 0 Å².